The molecule has 5 heteroatoms. The molecule has 0 spiro atoms. The minimum absolute atomic E-state index is 0.150. The van der Waals surface area contributed by atoms with Crippen LogP contribution in [-0.4, -0.2) is 29.3 Å². The fourth-order valence-electron chi connectivity index (χ4n) is 3.08. The molecule has 148 valence electrons. The molecule has 0 heterocycles. The highest BCUT2D eigenvalue weighted by Crippen LogP contribution is 2.43. The summed E-state index contributed by atoms with van der Waals surface area (Å²) in [5, 5.41) is 0.211. The second-order valence-corrected chi connectivity index (χ2v) is 19.0. The lowest BCUT2D eigenvalue weighted by atomic mass is 9.81. The molecule has 0 amide bonds. The van der Waals surface area contributed by atoms with Crippen LogP contribution in [-0.2, 0) is 13.6 Å². The van der Waals surface area contributed by atoms with Gasteiger partial charge in [-0.1, -0.05) is 27.7 Å². The lowest BCUT2D eigenvalue weighted by Gasteiger charge is -2.43. The van der Waals surface area contributed by atoms with E-state index in [-0.39, 0.29) is 11.1 Å². The minimum atomic E-state index is -1.84. The third-order valence-electron chi connectivity index (χ3n) is 5.45. The van der Waals surface area contributed by atoms with Gasteiger partial charge in [-0.25, -0.2) is 0 Å². The van der Waals surface area contributed by atoms with Crippen LogP contribution in [0.3, 0.4) is 0 Å². The second kappa shape index (κ2) is 8.61. The zero-order valence-electron chi connectivity index (χ0n) is 18.4. The topological polar surface area (TPSA) is 27.7 Å². The van der Waals surface area contributed by atoms with Crippen molar-refractivity contribution in [2.75, 3.05) is 6.61 Å². The first-order valence-corrected chi connectivity index (χ1v) is 16.4. The summed E-state index contributed by atoms with van der Waals surface area (Å²) >= 11 is 0. The van der Waals surface area contributed by atoms with Crippen molar-refractivity contribution in [3.05, 3.63) is 11.5 Å². The molecule has 25 heavy (non-hydrogen) atoms. The zero-order valence-corrected chi connectivity index (χ0v) is 20.4. The van der Waals surface area contributed by atoms with Gasteiger partial charge in [0.2, 0.25) is 8.32 Å². The van der Waals surface area contributed by atoms with E-state index >= 15 is 0 Å². The number of ether oxygens (including phenoxy) is 1. The molecule has 0 saturated heterocycles. The molecular formula is C20H42O3Si2. The highest BCUT2D eigenvalue weighted by atomic mass is 28.4. The molecule has 0 bridgehead atoms. The molecule has 0 unspecified atom stereocenters. The monoisotopic (exact) mass is 386 g/mol. The van der Waals surface area contributed by atoms with Gasteiger partial charge >= 0.3 is 0 Å². The molecule has 0 aromatic heterocycles. The van der Waals surface area contributed by atoms with Crippen LogP contribution in [0, 0.1) is 5.92 Å². The Labute approximate surface area is 158 Å². The van der Waals surface area contributed by atoms with E-state index in [0.717, 1.165) is 18.8 Å². The van der Waals surface area contributed by atoms with Crippen molar-refractivity contribution < 1.29 is 13.6 Å². The van der Waals surface area contributed by atoms with Crippen molar-refractivity contribution in [2.24, 2.45) is 5.92 Å². The summed E-state index contributed by atoms with van der Waals surface area (Å²) in [5.41, 5.74) is 1.31. The third kappa shape index (κ3) is 6.44. The summed E-state index contributed by atoms with van der Waals surface area (Å²) in [6.07, 6.45) is 4.81. The minimum Gasteiger partial charge on any atom is -0.520 e. The Morgan fingerprint density at radius 2 is 1.64 bits per heavy atom. The van der Waals surface area contributed by atoms with Crippen molar-refractivity contribution in [2.45, 2.75) is 104 Å². The van der Waals surface area contributed by atoms with E-state index in [1.54, 1.807) is 0 Å². The van der Waals surface area contributed by atoms with Crippen molar-refractivity contribution in [1.82, 2.24) is 0 Å². The molecule has 1 saturated carbocycles. The van der Waals surface area contributed by atoms with E-state index in [2.05, 4.69) is 60.4 Å². The van der Waals surface area contributed by atoms with Crippen LogP contribution in [0.15, 0.2) is 11.5 Å². The Balaban J connectivity index is 3.29. The Bertz CT molecular complexity index is 459. The molecular weight excluding hydrogens is 344 g/mol. The van der Waals surface area contributed by atoms with Crippen LogP contribution in [0.5, 0.6) is 0 Å². The molecule has 2 atom stereocenters. The van der Waals surface area contributed by atoms with Gasteiger partial charge in [-0.05, 0) is 76.3 Å². The standard InChI is InChI=1S/C20H42O3Si2/c1-11-16-14-13-15-17(22-25(9,10)20(3,4)5)18(16)19(21-12-2)23-24(6,7)8/h16-17H,11-15H2,1-10H3/b19-18-/t16-,17-/m0/s1. The normalized spacial score (nSPS) is 24.9. The van der Waals surface area contributed by atoms with Gasteiger partial charge in [0, 0.05) is 5.57 Å². The smallest absolute Gasteiger partial charge is 0.267 e. The van der Waals surface area contributed by atoms with Gasteiger partial charge in [-0.2, -0.15) is 0 Å². The first kappa shape index (κ1) is 22.8. The lowest BCUT2D eigenvalue weighted by Crippen LogP contribution is -2.46. The highest BCUT2D eigenvalue weighted by molar-refractivity contribution is 6.74. The largest absolute Gasteiger partial charge is 0.520 e. The van der Waals surface area contributed by atoms with Crippen LogP contribution >= 0.6 is 0 Å². The van der Waals surface area contributed by atoms with Gasteiger partial charge in [0.05, 0.1) is 12.7 Å². The van der Waals surface area contributed by atoms with Gasteiger partial charge in [0.1, 0.15) is 0 Å². The van der Waals surface area contributed by atoms with Crippen LogP contribution in [0.1, 0.15) is 60.3 Å². The van der Waals surface area contributed by atoms with Gasteiger partial charge in [-0.3, -0.25) is 0 Å². The summed E-state index contributed by atoms with van der Waals surface area (Å²) < 4.78 is 19.3. The SMILES string of the molecule is CCO/C(O[Si](C)(C)C)=C1\[C@@H](CC)CCC[C@@H]1O[Si](C)(C)C(C)(C)C. The first-order chi connectivity index (χ1) is 11.3. The quantitative estimate of drug-likeness (QED) is 0.360. The molecule has 0 radical (unpaired) electrons. The van der Waals surface area contributed by atoms with Crippen LogP contribution in [0.25, 0.3) is 0 Å². The fourth-order valence-corrected chi connectivity index (χ4v) is 5.12. The van der Waals surface area contributed by atoms with Crippen molar-refractivity contribution in [3.8, 4) is 0 Å². The first-order valence-electron chi connectivity index (χ1n) is 10.1. The summed E-state index contributed by atoms with van der Waals surface area (Å²) in [6, 6.07) is 0. The Hall–Kier alpha value is -0.266. The Morgan fingerprint density at radius 3 is 2.08 bits per heavy atom. The lowest BCUT2D eigenvalue weighted by molar-refractivity contribution is 0.0795. The number of hydrogen-bond donors (Lipinski definition) is 0. The molecule has 0 aromatic rings. The highest BCUT2D eigenvalue weighted by Gasteiger charge is 2.43. The summed E-state index contributed by atoms with van der Waals surface area (Å²) in [4.78, 5) is 0. The fraction of sp³-hybridized carbons (Fsp3) is 0.900. The molecule has 0 aliphatic heterocycles. The van der Waals surface area contributed by atoms with Crippen LogP contribution in [0.4, 0.5) is 0 Å². The molecule has 1 fully saturated rings. The summed E-state index contributed by atoms with van der Waals surface area (Å²) in [6.45, 7) is 23.3. The third-order valence-corrected chi connectivity index (χ3v) is 10.7. The van der Waals surface area contributed by atoms with E-state index in [9.17, 15) is 0 Å². The predicted molar refractivity (Wildman–Crippen MR) is 113 cm³/mol. The maximum absolute atomic E-state index is 6.87. The van der Waals surface area contributed by atoms with E-state index < -0.39 is 16.6 Å². The van der Waals surface area contributed by atoms with Gasteiger partial charge in [0.25, 0.3) is 5.95 Å². The molecule has 1 rings (SSSR count). The average Bonchev–Trinajstić information content (AvgIpc) is 2.43. The molecule has 1 aliphatic carbocycles. The van der Waals surface area contributed by atoms with Crippen LogP contribution < -0.4 is 0 Å². The van der Waals surface area contributed by atoms with E-state index in [1.165, 1.54) is 18.4 Å². The van der Waals surface area contributed by atoms with E-state index in [1.807, 2.05) is 6.92 Å². The second-order valence-electron chi connectivity index (χ2n) is 9.79. The van der Waals surface area contributed by atoms with Gasteiger partial charge in [-0.15, -0.1) is 0 Å². The van der Waals surface area contributed by atoms with Crippen molar-refractivity contribution in [3.63, 3.8) is 0 Å². The van der Waals surface area contributed by atoms with Gasteiger partial charge < -0.3 is 13.6 Å². The maximum atomic E-state index is 6.87. The average molecular weight is 387 g/mol. The van der Waals surface area contributed by atoms with Gasteiger partial charge in [0.15, 0.2) is 8.32 Å². The van der Waals surface area contributed by atoms with Crippen molar-refractivity contribution in [1.29, 1.82) is 0 Å². The Kier molecular flexibility index (Phi) is 7.85. The molecule has 1 aliphatic rings. The number of hydrogen-bond acceptors (Lipinski definition) is 3. The zero-order chi connectivity index (χ0) is 19.5. The molecule has 0 aromatic carbocycles. The summed E-state index contributed by atoms with van der Waals surface area (Å²) in [5.74, 6) is 1.30. The van der Waals surface area contributed by atoms with E-state index in [4.69, 9.17) is 13.6 Å². The molecule has 3 nitrogen and oxygen atoms in total. The maximum Gasteiger partial charge on any atom is 0.267 e. The molecule has 0 N–H and O–H groups in total. The predicted octanol–water partition coefficient (Wildman–Crippen LogP) is 6.69. The number of rotatable bonds is 7. The van der Waals surface area contributed by atoms with Crippen molar-refractivity contribution >= 4 is 16.6 Å². The van der Waals surface area contributed by atoms with E-state index in [0.29, 0.717) is 12.5 Å². The summed E-state index contributed by atoms with van der Waals surface area (Å²) in [7, 11) is -3.57. The Morgan fingerprint density at radius 1 is 1.04 bits per heavy atom. The van der Waals surface area contributed by atoms with Crippen LogP contribution in [0.2, 0.25) is 37.8 Å².